The number of amides is 1. The van der Waals surface area contributed by atoms with Gasteiger partial charge in [-0.15, -0.1) is 0 Å². The lowest BCUT2D eigenvalue weighted by Crippen LogP contribution is -2.03. The molecule has 0 fully saturated rings. The molecule has 2 aromatic rings. The molecule has 4 heteroatoms. The van der Waals surface area contributed by atoms with E-state index in [-0.39, 0.29) is 5.91 Å². The number of hydrogen-bond acceptors (Lipinski definition) is 1. The second-order valence-electron chi connectivity index (χ2n) is 3.42. The first-order valence-electron chi connectivity index (χ1n) is 4.40. The molecule has 1 amide bonds. The summed E-state index contributed by atoms with van der Waals surface area (Å²) >= 11 is 5.71. The normalized spacial score (nSPS) is 13.3. The van der Waals surface area contributed by atoms with E-state index in [1.807, 2.05) is 24.3 Å². The van der Waals surface area contributed by atoms with Crippen LogP contribution in [0.25, 0.3) is 10.8 Å². The van der Waals surface area contributed by atoms with E-state index in [1.54, 1.807) is 0 Å². The van der Waals surface area contributed by atoms with Gasteiger partial charge in [-0.3, -0.25) is 4.79 Å². The van der Waals surface area contributed by atoms with Gasteiger partial charge in [-0.05, 0) is 52.2 Å². The highest BCUT2D eigenvalue weighted by atomic mass is 127. The molecule has 0 spiro atoms. The molecule has 3 rings (SSSR count). The Morgan fingerprint density at radius 2 is 2.07 bits per heavy atom. The van der Waals surface area contributed by atoms with Crippen molar-refractivity contribution in [1.82, 2.24) is 0 Å². The van der Waals surface area contributed by atoms with E-state index >= 15 is 0 Å². The standard InChI is InChI=1S/C11H5BrINO/c12-5-3-6-8(13)1-2-9-10(6)7(4-5)11(15)14-9/h1-4H,(H,14,15). The third-order valence-electron chi connectivity index (χ3n) is 2.52. The smallest absolute Gasteiger partial charge is 0.256 e. The summed E-state index contributed by atoms with van der Waals surface area (Å²) in [6.07, 6.45) is 0. The number of benzene rings is 2. The number of carbonyl (C=O) groups is 1. The Morgan fingerprint density at radius 1 is 1.27 bits per heavy atom. The first-order valence-corrected chi connectivity index (χ1v) is 6.27. The van der Waals surface area contributed by atoms with Crippen LogP contribution in [0.15, 0.2) is 28.7 Å². The Balaban J connectivity index is 2.58. The molecule has 1 N–H and O–H groups in total. The predicted molar refractivity (Wildman–Crippen MR) is 72.3 cm³/mol. The second-order valence-corrected chi connectivity index (χ2v) is 5.50. The zero-order valence-corrected chi connectivity index (χ0v) is 11.2. The van der Waals surface area contributed by atoms with Crippen LogP contribution in [0.3, 0.4) is 0 Å². The van der Waals surface area contributed by atoms with Gasteiger partial charge in [0.15, 0.2) is 0 Å². The molecule has 0 bridgehead atoms. The molecule has 74 valence electrons. The van der Waals surface area contributed by atoms with Gasteiger partial charge in [-0.25, -0.2) is 0 Å². The fraction of sp³-hybridized carbons (Fsp3) is 0. The fourth-order valence-electron chi connectivity index (χ4n) is 1.89. The van der Waals surface area contributed by atoms with Gasteiger partial charge < -0.3 is 5.32 Å². The summed E-state index contributed by atoms with van der Waals surface area (Å²) in [5, 5.41) is 5.02. The van der Waals surface area contributed by atoms with Crippen LogP contribution in [-0.2, 0) is 0 Å². The number of anilines is 1. The highest BCUT2D eigenvalue weighted by Crippen LogP contribution is 2.37. The number of rotatable bonds is 0. The highest BCUT2D eigenvalue weighted by molar-refractivity contribution is 14.1. The minimum atomic E-state index is -0.0155. The maximum absolute atomic E-state index is 11.7. The largest absolute Gasteiger partial charge is 0.321 e. The Morgan fingerprint density at radius 3 is 2.87 bits per heavy atom. The fourth-order valence-corrected chi connectivity index (χ4v) is 2.95. The molecule has 1 aliphatic heterocycles. The van der Waals surface area contributed by atoms with Crippen LogP contribution in [0.1, 0.15) is 10.4 Å². The van der Waals surface area contributed by atoms with Crippen LogP contribution in [0.4, 0.5) is 5.69 Å². The van der Waals surface area contributed by atoms with Crippen molar-refractivity contribution >= 4 is 60.9 Å². The van der Waals surface area contributed by atoms with Crippen LogP contribution < -0.4 is 5.32 Å². The summed E-state index contributed by atoms with van der Waals surface area (Å²) < 4.78 is 2.10. The van der Waals surface area contributed by atoms with Crippen molar-refractivity contribution in [2.75, 3.05) is 5.32 Å². The number of halogens is 2. The van der Waals surface area contributed by atoms with Crippen molar-refractivity contribution in [3.8, 4) is 0 Å². The van der Waals surface area contributed by atoms with Gasteiger partial charge in [0.25, 0.3) is 5.91 Å². The first-order chi connectivity index (χ1) is 7.16. The van der Waals surface area contributed by atoms with Gasteiger partial charge in [-0.2, -0.15) is 0 Å². The zero-order valence-electron chi connectivity index (χ0n) is 7.47. The molecular weight excluding hydrogens is 369 g/mol. The van der Waals surface area contributed by atoms with Gasteiger partial charge in [0, 0.05) is 19.1 Å². The molecule has 0 saturated heterocycles. The number of hydrogen-bond donors (Lipinski definition) is 1. The van der Waals surface area contributed by atoms with Crippen molar-refractivity contribution in [1.29, 1.82) is 0 Å². The molecular formula is C11H5BrINO. The van der Waals surface area contributed by atoms with Crippen LogP contribution in [-0.4, -0.2) is 5.91 Å². The van der Waals surface area contributed by atoms with E-state index in [2.05, 4.69) is 43.8 Å². The average molecular weight is 374 g/mol. The number of carbonyl (C=O) groups excluding carboxylic acids is 1. The summed E-state index contributed by atoms with van der Waals surface area (Å²) in [6.45, 7) is 0. The molecule has 0 aromatic heterocycles. The summed E-state index contributed by atoms with van der Waals surface area (Å²) in [5.41, 5.74) is 1.67. The monoisotopic (exact) mass is 373 g/mol. The Hall–Kier alpha value is -0.620. The molecule has 0 unspecified atom stereocenters. The molecule has 0 radical (unpaired) electrons. The maximum atomic E-state index is 11.7. The molecule has 0 saturated carbocycles. The zero-order chi connectivity index (χ0) is 10.6. The Labute approximate surface area is 108 Å². The Kier molecular flexibility index (Phi) is 2.04. The quantitative estimate of drug-likeness (QED) is 0.700. The average Bonchev–Trinajstić information content (AvgIpc) is 2.51. The summed E-state index contributed by atoms with van der Waals surface area (Å²) in [5.74, 6) is -0.0155. The van der Waals surface area contributed by atoms with E-state index in [9.17, 15) is 4.79 Å². The van der Waals surface area contributed by atoms with Gasteiger partial charge >= 0.3 is 0 Å². The number of nitrogens with one attached hydrogen (secondary N) is 1. The van der Waals surface area contributed by atoms with Crippen molar-refractivity contribution in [3.05, 3.63) is 37.9 Å². The van der Waals surface area contributed by atoms with Crippen LogP contribution in [0, 0.1) is 3.57 Å². The lowest BCUT2D eigenvalue weighted by atomic mass is 10.1. The third kappa shape index (κ3) is 1.31. The minimum absolute atomic E-state index is 0.0155. The van der Waals surface area contributed by atoms with Crippen molar-refractivity contribution < 1.29 is 4.79 Å². The van der Waals surface area contributed by atoms with Crippen LogP contribution >= 0.6 is 38.5 Å². The maximum Gasteiger partial charge on any atom is 0.256 e. The first kappa shape index (κ1) is 9.59. The van der Waals surface area contributed by atoms with Crippen LogP contribution in [0.2, 0.25) is 0 Å². The van der Waals surface area contributed by atoms with Crippen LogP contribution in [0.5, 0.6) is 0 Å². The van der Waals surface area contributed by atoms with Gasteiger partial charge in [0.1, 0.15) is 0 Å². The van der Waals surface area contributed by atoms with E-state index in [4.69, 9.17) is 0 Å². The third-order valence-corrected chi connectivity index (χ3v) is 3.92. The summed E-state index contributed by atoms with van der Waals surface area (Å²) in [7, 11) is 0. The highest BCUT2D eigenvalue weighted by Gasteiger charge is 2.22. The van der Waals surface area contributed by atoms with Crippen molar-refractivity contribution in [2.24, 2.45) is 0 Å². The topological polar surface area (TPSA) is 29.1 Å². The molecule has 2 nitrogen and oxygen atoms in total. The summed E-state index contributed by atoms with van der Waals surface area (Å²) in [4.78, 5) is 11.7. The molecule has 0 atom stereocenters. The van der Waals surface area contributed by atoms with E-state index in [0.717, 1.165) is 30.1 Å². The molecule has 1 heterocycles. The molecule has 15 heavy (non-hydrogen) atoms. The van der Waals surface area contributed by atoms with Crippen molar-refractivity contribution in [2.45, 2.75) is 0 Å². The lowest BCUT2D eigenvalue weighted by Gasteiger charge is -2.03. The minimum Gasteiger partial charge on any atom is -0.321 e. The summed E-state index contributed by atoms with van der Waals surface area (Å²) in [6, 6.07) is 7.88. The van der Waals surface area contributed by atoms with Gasteiger partial charge in [-0.1, -0.05) is 15.9 Å². The van der Waals surface area contributed by atoms with Gasteiger partial charge in [0.05, 0.1) is 5.56 Å². The SMILES string of the molecule is O=C1Nc2ccc(I)c3cc(Br)cc1c23. The van der Waals surface area contributed by atoms with E-state index < -0.39 is 0 Å². The van der Waals surface area contributed by atoms with E-state index in [0.29, 0.717) is 0 Å². The lowest BCUT2D eigenvalue weighted by molar-refractivity contribution is 0.103. The van der Waals surface area contributed by atoms with Crippen molar-refractivity contribution in [3.63, 3.8) is 0 Å². The predicted octanol–water partition coefficient (Wildman–Crippen LogP) is 3.77. The molecule has 1 aliphatic rings. The Bertz CT molecular complexity index is 609. The second kappa shape index (κ2) is 3.18. The van der Waals surface area contributed by atoms with E-state index in [1.165, 1.54) is 0 Å². The molecule has 0 aliphatic carbocycles. The molecule has 2 aromatic carbocycles. The van der Waals surface area contributed by atoms with Gasteiger partial charge in [0.2, 0.25) is 0 Å².